The molecule has 25 heavy (non-hydrogen) atoms. The number of carbonyl (C=O) groups excluding carboxylic acids is 1. The summed E-state index contributed by atoms with van der Waals surface area (Å²) in [6, 6.07) is 2.37. The number of ether oxygens (including phenoxy) is 1. The highest BCUT2D eigenvalue weighted by atomic mass is 16.5. The highest BCUT2D eigenvalue weighted by molar-refractivity contribution is 5.77. The lowest BCUT2D eigenvalue weighted by molar-refractivity contribution is -0.129. The first-order valence-corrected chi connectivity index (χ1v) is 9.71. The number of carbonyl (C=O) groups is 1. The van der Waals surface area contributed by atoms with E-state index in [1.807, 2.05) is 0 Å². The van der Waals surface area contributed by atoms with Gasteiger partial charge in [-0.25, -0.2) is 0 Å². The fraction of sp³-hybridized carbons (Fsp3) is 0.800. The van der Waals surface area contributed by atoms with Crippen molar-refractivity contribution in [2.24, 2.45) is 17.3 Å². The van der Waals surface area contributed by atoms with Crippen molar-refractivity contribution < 1.29 is 14.1 Å². The SMILES string of the molecule is COCC(=O)N[C@H]1C[C@@H](Cc2cc(CC3CCCCC3)on2)C1(C)C. The molecule has 1 aromatic heterocycles. The zero-order valence-corrected chi connectivity index (χ0v) is 15.8. The fourth-order valence-electron chi connectivity index (χ4n) is 4.45. The molecular weight excluding hydrogens is 316 g/mol. The summed E-state index contributed by atoms with van der Waals surface area (Å²) in [5.74, 6) is 2.31. The van der Waals surface area contributed by atoms with Gasteiger partial charge in [0.2, 0.25) is 5.91 Å². The van der Waals surface area contributed by atoms with Crippen LogP contribution in [0.15, 0.2) is 10.6 Å². The van der Waals surface area contributed by atoms with Gasteiger partial charge in [0.25, 0.3) is 0 Å². The van der Waals surface area contributed by atoms with Crippen LogP contribution in [0.25, 0.3) is 0 Å². The first kappa shape index (κ1) is 18.4. The van der Waals surface area contributed by atoms with E-state index in [9.17, 15) is 4.79 Å². The molecule has 0 aromatic carbocycles. The van der Waals surface area contributed by atoms with Gasteiger partial charge in [0.15, 0.2) is 0 Å². The Morgan fingerprint density at radius 1 is 1.32 bits per heavy atom. The van der Waals surface area contributed by atoms with Gasteiger partial charge in [-0.05, 0) is 30.1 Å². The minimum absolute atomic E-state index is 0.0322. The fourth-order valence-corrected chi connectivity index (χ4v) is 4.45. The lowest BCUT2D eigenvalue weighted by Crippen LogP contribution is -2.59. The van der Waals surface area contributed by atoms with Gasteiger partial charge in [-0.3, -0.25) is 4.79 Å². The van der Waals surface area contributed by atoms with Crippen molar-refractivity contribution in [3.63, 3.8) is 0 Å². The standard InChI is InChI=1S/C20H32N2O3/c1-20(2)15(11-18(20)21-19(23)13-24-3)10-16-12-17(25-22-16)9-14-7-5-4-6-8-14/h12,14-15,18H,4-11,13H2,1-3H3,(H,21,23)/t15-,18+/m1/s1. The van der Waals surface area contributed by atoms with E-state index in [-0.39, 0.29) is 24.0 Å². The summed E-state index contributed by atoms with van der Waals surface area (Å²) in [6.07, 6.45) is 9.72. The summed E-state index contributed by atoms with van der Waals surface area (Å²) in [7, 11) is 1.55. The molecule has 2 aliphatic rings. The van der Waals surface area contributed by atoms with E-state index < -0.39 is 0 Å². The molecule has 1 N–H and O–H groups in total. The van der Waals surface area contributed by atoms with Crippen LogP contribution in [0, 0.1) is 17.3 Å². The van der Waals surface area contributed by atoms with Crippen LogP contribution >= 0.6 is 0 Å². The molecule has 1 aromatic rings. The van der Waals surface area contributed by atoms with E-state index in [0.717, 1.165) is 36.6 Å². The van der Waals surface area contributed by atoms with Crippen LogP contribution in [0.2, 0.25) is 0 Å². The maximum Gasteiger partial charge on any atom is 0.246 e. The van der Waals surface area contributed by atoms with Gasteiger partial charge in [-0.2, -0.15) is 0 Å². The van der Waals surface area contributed by atoms with E-state index in [0.29, 0.717) is 5.92 Å². The van der Waals surface area contributed by atoms with E-state index in [4.69, 9.17) is 9.26 Å². The minimum Gasteiger partial charge on any atom is -0.375 e. The third-order valence-corrected chi connectivity index (χ3v) is 6.36. The monoisotopic (exact) mass is 348 g/mol. The summed E-state index contributed by atoms with van der Waals surface area (Å²) in [5, 5.41) is 7.38. The molecule has 2 fully saturated rings. The van der Waals surface area contributed by atoms with Crippen molar-refractivity contribution >= 4 is 5.91 Å². The van der Waals surface area contributed by atoms with Crippen LogP contribution in [0.4, 0.5) is 0 Å². The van der Waals surface area contributed by atoms with E-state index in [1.165, 1.54) is 32.1 Å². The molecule has 2 atom stereocenters. The molecule has 0 bridgehead atoms. The van der Waals surface area contributed by atoms with Gasteiger partial charge in [0, 0.05) is 25.6 Å². The highest BCUT2D eigenvalue weighted by Crippen LogP contribution is 2.47. The van der Waals surface area contributed by atoms with Crippen molar-refractivity contribution in [2.45, 2.75) is 71.3 Å². The molecular formula is C20H32N2O3. The molecule has 0 spiro atoms. The average Bonchev–Trinajstić information content (AvgIpc) is 3.02. The Hall–Kier alpha value is -1.36. The number of aromatic nitrogens is 1. The molecule has 2 aliphatic carbocycles. The molecule has 5 nitrogen and oxygen atoms in total. The Labute approximate surface area is 150 Å². The number of amides is 1. The number of nitrogens with one attached hydrogen (secondary N) is 1. The van der Waals surface area contributed by atoms with Gasteiger partial charge in [0.1, 0.15) is 12.4 Å². The van der Waals surface area contributed by atoms with Crippen LogP contribution in [-0.4, -0.2) is 30.8 Å². The largest absolute Gasteiger partial charge is 0.375 e. The minimum atomic E-state index is -0.0322. The predicted molar refractivity (Wildman–Crippen MR) is 96.2 cm³/mol. The summed E-state index contributed by atoms with van der Waals surface area (Å²) >= 11 is 0. The summed E-state index contributed by atoms with van der Waals surface area (Å²) in [6.45, 7) is 4.58. The van der Waals surface area contributed by atoms with Crippen molar-refractivity contribution in [2.75, 3.05) is 13.7 Å². The molecule has 0 aliphatic heterocycles. The van der Waals surface area contributed by atoms with Crippen molar-refractivity contribution in [3.8, 4) is 0 Å². The smallest absolute Gasteiger partial charge is 0.246 e. The Bertz CT molecular complexity index is 575. The van der Waals surface area contributed by atoms with Gasteiger partial charge in [-0.15, -0.1) is 0 Å². The van der Waals surface area contributed by atoms with E-state index >= 15 is 0 Å². The Morgan fingerprint density at radius 3 is 2.76 bits per heavy atom. The van der Waals surface area contributed by atoms with Crippen LogP contribution in [-0.2, 0) is 22.4 Å². The van der Waals surface area contributed by atoms with Gasteiger partial charge < -0.3 is 14.6 Å². The molecule has 1 heterocycles. The zero-order valence-electron chi connectivity index (χ0n) is 15.8. The maximum atomic E-state index is 11.7. The third-order valence-electron chi connectivity index (χ3n) is 6.36. The summed E-state index contributed by atoms with van der Waals surface area (Å²) in [5.41, 5.74) is 1.14. The van der Waals surface area contributed by atoms with Gasteiger partial charge >= 0.3 is 0 Å². The van der Waals surface area contributed by atoms with E-state index in [2.05, 4.69) is 30.4 Å². The first-order valence-electron chi connectivity index (χ1n) is 9.71. The second-order valence-corrected chi connectivity index (χ2v) is 8.50. The van der Waals surface area contributed by atoms with Gasteiger partial charge in [0.05, 0.1) is 5.69 Å². The number of rotatable bonds is 7. The molecule has 0 radical (unpaired) electrons. The number of hydrogen-bond donors (Lipinski definition) is 1. The van der Waals surface area contributed by atoms with Crippen molar-refractivity contribution in [1.82, 2.24) is 10.5 Å². The third kappa shape index (κ3) is 4.43. The lowest BCUT2D eigenvalue weighted by Gasteiger charge is -2.52. The Morgan fingerprint density at radius 2 is 2.08 bits per heavy atom. The van der Waals surface area contributed by atoms with Crippen LogP contribution in [0.1, 0.15) is 63.8 Å². The molecule has 3 rings (SSSR count). The normalized spacial score (nSPS) is 26.2. The number of nitrogens with zero attached hydrogens (tertiary/aromatic N) is 1. The maximum absolute atomic E-state index is 11.7. The molecule has 2 saturated carbocycles. The molecule has 0 unspecified atom stereocenters. The Balaban J connectivity index is 1.49. The quantitative estimate of drug-likeness (QED) is 0.819. The summed E-state index contributed by atoms with van der Waals surface area (Å²) < 4.78 is 10.5. The first-order chi connectivity index (χ1) is 12.0. The molecule has 1 amide bonds. The lowest BCUT2D eigenvalue weighted by atomic mass is 9.57. The predicted octanol–water partition coefficient (Wildman–Crippen LogP) is 3.52. The van der Waals surface area contributed by atoms with Crippen LogP contribution in [0.5, 0.6) is 0 Å². The molecule has 140 valence electrons. The topological polar surface area (TPSA) is 64.4 Å². The second kappa shape index (κ2) is 7.90. The Kier molecular flexibility index (Phi) is 5.82. The molecule has 5 heteroatoms. The second-order valence-electron chi connectivity index (χ2n) is 8.50. The van der Waals surface area contributed by atoms with E-state index in [1.54, 1.807) is 7.11 Å². The van der Waals surface area contributed by atoms with Crippen LogP contribution in [0.3, 0.4) is 0 Å². The van der Waals surface area contributed by atoms with Crippen molar-refractivity contribution in [3.05, 3.63) is 17.5 Å². The van der Waals surface area contributed by atoms with Crippen LogP contribution < -0.4 is 5.32 Å². The van der Waals surface area contributed by atoms with Gasteiger partial charge in [-0.1, -0.05) is 51.1 Å². The number of methoxy groups -OCH3 is 1. The molecule has 0 saturated heterocycles. The number of hydrogen-bond acceptors (Lipinski definition) is 4. The highest BCUT2D eigenvalue weighted by Gasteiger charge is 2.48. The average molecular weight is 348 g/mol. The zero-order chi connectivity index (χ0) is 17.9. The van der Waals surface area contributed by atoms with Crippen molar-refractivity contribution in [1.29, 1.82) is 0 Å². The summed E-state index contributed by atoms with van der Waals surface area (Å²) in [4.78, 5) is 11.7.